The second-order valence-corrected chi connectivity index (χ2v) is 9.25. The predicted octanol–water partition coefficient (Wildman–Crippen LogP) is 3.55. The molecule has 0 heterocycles. The van der Waals surface area contributed by atoms with Crippen molar-refractivity contribution in [3.8, 4) is 11.1 Å². The highest BCUT2D eigenvalue weighted by atomic mass is 16.5. The summed E-state index contributed by atoms with van der Waals surface area (Å²) in [5, 5.41) is 14.2. The number of carboxylic acids is 1. The van der Waals surface area contributed by atoms with Crippen LogP contribution < -0.4 is 10.6 Å². The molecule has 8 nitrogen and oxygen atoms in total. The first-order chi connectivity index (χ1) is 17.0. The Morgan fingerprint density at radius 3 is 2.26 bits per heavy atom. The SMILES string of the molecule is O=C(O)COCCNC(=O)CC1CCC(CNC(=O)OCC2c3ccccc3-c3ccccc32)C1. The Labute approximate surface area is 205 Å². The fourth-order valence-electron chi connectivity index (χ4n) is 5.18. The fourth-order valence-corrected chi connectivity index (χ4v) is 5.18. The molecule has 0 aromatic heterocycles. The number of aliphatic carboxylic acids is 1. The molecule has 2 aliphatic rings. The van der Waals surface area contributed by atoms with Gasteiger partial charge in [-0.2, -0.15) is 0 Å². The normalized spacial score (nSPS) is 18.5. The molecule has 0 saturated heterocycles. The average molecular weight is 481 g/mol. The van der Waals surface area contributed by atoms with Crippen LogP contribution in [0.25, 0.3) is 11.1 Å². The maximum atomic E-state index is 12.4. The Morgan fingerprint density at radius 1 is 0.914 bits per heavy atom. The Bertz CT molecular complexity index is 1010. The van der Waals surface area contributed by atoms with Gasteiger partial charge in [-0.15, -0.1) is 0 Å². The Hall–Kier alpha value is -3.39. The minimum atomic E-state index is -1.03. The number of amides is 2. The van der Waals surface area contributed by atoms with E-state index >= 15 is 0 Å². The number of carbonyl (C=O) groups excluding carboxylic acids is 2. The van der Waals surface area contributed by atoms with Crippen LogP contribution in [-0.2, 0) is 19.1 Å². The zero-order chi connectivity index (χ0) is 24.6. The molecule has 8 heteroatoms. The highest BCUT2D eigenvalue weighted by Crippen LogP contribution is 2.44. The summed E-state index contributed by atoms with van der Waals surface area (Å²) in [6.45, 7) is 0.944. The van der Waals surface area contributed by atoms with Crippen molar-refractivity contribution in [2.45, 2.75) is 31.6 Å². The van der Waals surface area contributed by atoms with Gasteiger partial charge in [0.2, 0.25) is 5.91 Å². The number of benzene rings is 2. The first-order valence-corrected chi connectivity index (χ1v) is 12.2. The largest absolute Gasteiger partial charge is 0.480 e. The molecule has 2 amide bonds. The number of carboxylic acid groups (broad SMARTS) is 1. The van der Waals surface area contributed by atoms with Gasteiger partial charge >= 0.3 is 12.1 Å². The van der Waals surface area contributed by atoms with E-state index in [0.29, 0.717) is 32.0 Å². The van der Waals surface area contributed by atoms with Gasteiger partial charge in [-0.05, 0) is 53.4 Å². The van der Waals surface area contributed by atoms with E-state index in [-0.39, 0.29) is 31.0 Å². The van der Waals surface area contributed by atoms with Gasteiger partial charge in [0.15, 0.2) is 0 Å². The van der Waals surface area contributed by atoms with Gasteiger partial charge in [-0.25, -0.2) is 9.59 Å². The van der Waals surface area contributed by atoms with Crippen LogP contribution in [0.5, 0.6) is 0 Å². The van der Waals surface area contributed by atoms with Crippen molar-refractivity contribution in [3.63, 3.8) is 0 Å². The number of rotatable bonds is 11. The summed E-state index contributed by atoms with van der Waals surface area (Å²) in [6.07, 6.45) is 2.81. The first-order valence-electron chi connectivity index (χ1n) is 12.2. The van der Waals surface area contributed by atoms with E-state index in [0.717, 1.165) is 19.3 Å². The van der Waals surface area contributed by atoms with E-state index < -0.39 is 12.1 Å². The summed E-state index contributed by atoms with van der Waals surface area (Å²) in [7, 11) is 0. The van der Waals surface area contributed by atoms with Crippen molar-refractivity contribution < 1.29 is 29.0 Å². The third-order valence-electron chi connectivity index (χ3n) is 6.80. The molecule has 0 aliphatic heterocycles. The van der Waals surface area contributed by atoms with Gasteiger partial charge < -0.3 is 25.2 Å². The van der Waals surface area contributed by atoms with Crippen LogP contribution in [0.15, 0.2) is 48.5 Å². The van der Waals surface area contributed by atoms with Crippen LogP contribution in [0.3, 0.4) is 0 Å². The molecule has 1 saturated carbocycles. The molecular weight excluding hydrogens is 448 g/mol. The number of ether oxygens (including phenoxy) is 2. The maximum absolute atomic E-state index is 12.4. The lowest BCUT2D eigenvalue weighted by Crippen LogP contribution is -2.31. The van der Waals surface area contributed by atoms with Crippen molar-refractivity contribution in [2.75, 3.05) is 32.9 Å². The molecule has 0 spiro atoms. The molecule has 0 radical (unpaired) electrons. The van der Waals surface area contributed by atoms with E-state index in [2.05, 4.69) is 34.9 Å². The Morgan fingerprint density at radius 2 is 1.57 bits per heavy atom. The third-order valence-corrected chi connectivity index (χ3v) is 6.80. The van der Waals surface area contributed by atoms with Crippen molar-refractivity contribution in [2.24, 2.45) is 11.8 Å². The molecule has 2 unspecified atom stereocenters. The number of hydrogen-bond donors (Lipinski definition) is 3. The van der Waals surface area contributed by atoms with Crippen molar-refractivity contribution >= 4 is 18.0 Å². The molecule has 2 aromatic carbocycles. The van der Waals surface area contributed by atoms with Gasteiger partial charge in [0.25, 0.3) is 0 Å². The van der Waals surface area contributed by atoms with Gasteiger partial charge in [0.1, 0.15) is 13.2 Å². The molecule has 2 aromatic rings. The highest BCUT2D eigenvalue weighted by Gasteiger charge is 2.30. The lowest BCUT2D eigenvalue weighted by Gasteiger charge is -2.16. The third kappa shape index (κ3) is 6.60. The zero-order valence-corrected chi connectivity index (χ0v) is 19.7. The molecule has 1 fully saturated rings. The molecule has 4 rings (SSSR count). The van der Waals surface area contributed by atoms with Gasteiger partial charge in [0.05, 0.1) is 6.61 Å². The molecule has 186 valence electrons. The number of carbonyl (C=O) groups is 3. The summed E-state index contributed by atoms with van der Waals surface area (Å²) < 4.78 is 10.5. The van der Waals surface area contributed by atoms with E-state index in [4.69, 9.17) is 14.6 Å². The highest BCUT2D eigenvalue weighted by molar-refractivity contribution is 5.79. The summed E-state index contributed by atoms with van der Waals surface area (Å²) in [4.78, 5) is 34.9. The first kappa shape index (κ1) is 24.7. The van der Waals surface area contributed by atoms with Crippen LogP contribution >= 0.6 is 0 Å². The van der Waals surface area contributed by atoms with Crippen LogP contribution in [0, 0.1) is 11.8 Å². The van der Waals surface area contributed by atoms with Crippen LogP contribution in [-0.4, -0.2) is 56.0 Å². The van der Waals surface area contributed by atoms with Crippen molar-refractivity contribution in [1.29, 1.82) is 0 Å². The van der Waals surface area contributed by atoms with Crippen LogP contribution in [0.2, 0.25) is 0 Å². The molecule has 3 N–H and O–H groups in total. The molecule has 2 atom stereocenters. The predicted molar refractivity (Wildman–Crippen MR) is 130 cm³/mol. The van der Waals surface area contributed by atoms with Crippen LogP contribution in [0.1, 0.15) is 42.7 Å². The van der Waals surface area contributed by atoms with Crippen LogP contribution in [0.4, 0.5) is 4.79 Å². The monoisotopic (exact) mass is 480 g/mol. The van der Waals surface area contributed by atoms with Gasteiger partial charge in [-0.1, -0.05) is 48.5 Å². The Kier molecular flexibility index (Phi) is 8.36. The summed E-state index contributed by atoms with van der Waals surface area (Å²) in [5.74, 6) is -0.437. The maximum Gasteiger partial charge on any atom is 0.407 e. The number of fused-ring (bicyclic) bond motifs is 3. The molecule has 35 heavy (non-hydrogen) atoms. The Balaban J connectivity index is 1.15. The molecular formula is C27H32N2O6. The van der Waals surface area contributed by atoms with E-state index in [9.17, 15) is 14.4 Å². The smallest absolute Gasteiger partial charge is 0.407 e. The second kappa shape index (κ2) is 11.8. The summed E-state index contributed by atoms with van der Waals surface area (Å²) >= 11 is 0. The lowest BCUT2D eigenvalue weighted by atomic mass is 9.98. The average Bonchev–Trinajstić information content (AvgIpc) is 3.43. The zero-order valence-electron chi connectivity index (χ0n) is 19.7. The topological polar surface area (TPSA) is 114 Å². The lowest BCUT2D eigenvalue weighted by molar-refractivity contribution is -0.142. The van der Waals surface area contributed by atoms with E-state index in [1.54, 1.807) is 0 Å². The van der Waals surface area contributed by atoms with Crippen molar-refractivity contribution in [3.05, 3.63) is 59.7 Å². The van der Waals surface area contributed by atoms with Crippen molar-refractivity contribution in [1.82, 2.24) is 10.6 Å². The van der Waals surface area contributed by atoms with E-state index in [1.807, 2.05) is 24.3 Å². The summed E-state index contributed by atoms with van der Waals surface area (Å²) in [5.41, 5.74) is 4.77. The number of alkyl carbamates (subject to hydrolysis) is 1. The second-order valence-electron chi connectivity index (χ2n) is 9.25. The minimum absolute atomic E-state index is 0.0389. The van der Waals surface area contributed by atoms with Gasteiger partial charge in [0, 0.05) is 25.4 Å². The number of nitrogens with one attached hydrogen (secondary N) is 2. The molecule has 0 bridgehead atoms. The number of hydrogen-bond acceptors (Lipinski definition) is 5. The standard InChI is InChI=1S/C27H32N2O6/c30-25(28-11-12-34-17-26(31)32)14-18-9-10-19(13-18)15-29-27(33)35-16-24-22-7-3-1-5-20(22)21-6-2-4-8-23(21)24/h1-8,18-19,24H,9-17H2,(H,28,30)(H,29,33)(H,31,32). The minimum Gasteiger partial charge on any atom is -0.480 e. The quantitative estimate of drug-likeness (QED) is 0.424. The van der Waals surface area contributed by atoms with Gasteiger partial charge in [-0.3, -0.25) is 4.79 Å². The fraction of sp³-hybridized carbons (Fsp3) is 0.444. The molecule has 2 aliphatic carbocycles. The summed E-state index contributed by atoms with van der Waals surface area (Å²) in [6, 6.07) is 16.5. The van der Waals surface area contributed by atoms with E-state index in [1.165, 1.54) is 22.3 Å².